The van der Waals surface area contributed by atoms with Gasteiger partial charge in [0, 0.05) is 31.1 Å². The van der Waals surface area contributed by atoms with Crippen LogP contribution in [0.5, 0.6) is 5.75 Å². The Morgan fingerprint density at radius 2 is 1.76 bits per heavy atom. The average Bonchev–Trinajstić information content (AvgIpc) is 3.00. The lowest BCUT2D eigenvalue weighted by Gasteiger charge is -2.39. The lowest BCUT2D eigenvalue weighted by molar-refractivity contribution is -0.148. The van der Waals surface area contributed by atoms with Crippen LogP contribution in [-0.4, -0.2) is 60.0 Å². The number of ether oxygens (including phenoxy) is 2. The van der Waals surface area contributed by atoms with Crippen LogP contribution in [-0.2, 0) is 20.9 Å². The Balaban J connectivity index is 1.32. The number of rotatable bonds is 14. The van der Waals surface area contributed by atoms with Crippen molar-refractivity contribution in [3.63, 3.8) is 0 Å². The molecule has 2 N–H and O–H groups in total. The van der Waals surface area contributed by atoms with Gasteiger partial charge in [0.1, 0.15) is 11.8 Å². The monoisotopic (exact) mass is 568 g/mol. The zero-order chi connectivity index (χ0) is 29.0. The Hall–Kier alpha value is -2.77. The van der Waals surface area contributed by atoms with E-state index in [1.807, 2.05) is 23.1 Å². The molecule has 0 saturated heterocycles. The normalized spacial score (nSPS) is 18.8. The molecule has 4 rings (SSSR count). The summed E-state index contributed by atoms with van der Waals surface area (Å²) in [5.74, 6) is 1.36. The molecular formula is C33H52N4O4. The van der Waals surface area contributed by atoms with E-state index in [4.69, 9.17) is 15.2 Å². The summed E-state index contributed by atoms with van der Waals surface area (Å²) in [6.07, 6.45) is 17.5. The number of methoxy groups -OCH3 is 1. The molecule has 0 bridgehead atoms. The molecule has 2 fully saturated rings. The van der Waals surface area contributed by atoms with Crippen molar-refractivity contribution in [2.75, 3.05) is 20.3 Å². The van der Waals surface area contributed by atoms with Crippen LogP contribution in [0, 0.1) is 5.92 Å². The third kappa shape index (κ3) is 8.62. The number of amides is 1. The highest BCUT2D eigenvalue weighted by Crippen LogP contribution is 2.35. The van der Waals surface area contributed by atoms with Crippen molar-refractivity contribution in [3.8, 4) is 5.75 Å². The molecule has 8 heteroatoms. The molecular weight excluding hydrogens is 516 g/mol. The Labute approximate surface area is 247 Å². The number of fused-ring (bicyclic) bond motifs is 1. The quantitative estimate of drug-likeness (QED) is 0.204. The fraction of sp³-hybridized carbons (Fsp3) is 0.727. The Kier molecular flexibility index (Phi) is 12.2. The van der Waals surface area contributed by atoms with E-state index in [-0.39, 0.29) is 17.8 Å². The molecule has 1 aromatic rings. The van der Waals surface area contributed by atoms with E-state index in [1.54, 1.807) is 0 Å². The molecule has 3 aliphatic rings. The van der Waals surface area contributed by atoms with Gasteiger partial charge < -0.3 is 25.0 Å². The van der Waals surface area contributed by atoms with Crippen LogP contribution >= 0.6 is 0 Å². The van der Waals surface area contributed by atoms with Crippen LogP contribution < -0.4 is 10.5 Å². The van der Waals surface area contributed by atoms with Gasteiger partial charge >= 0.3 is 5.97 Å². The number of hydrogen-bond acceptors (Lipinski definition) is 7. The maximum atomic E-state index is 13.3. The number of carbonyl (C=O) groups excluding carboxylic acids is 2. The molecule has 1 aromatic carbocycles. The van der Waals surface area contributed by atoms with Gasteiger partial charge in [0.2, 0.25) is 5.91 Å². The number of nitrogens with two attached hydrogens (primary N) is 1. The van der Waals surface area contributed by atoms with Crippen LogP contribution in [0.15, 0.2) is 23.2 Å². The zero-order valence-corrected chi connectivity index (χ0v) is 25.5. The highest BCUT2D eigenvalue weighted by atomic mass is 16.5. The topological polar surface area (TPSA) is 97.5 Å². The summed E-state index contributed by atoms with van der Waals surface area (Å²) in [5, 5.41) is 0. The fourth-order valence-corrected chi connectivity index (χ4v) is 6.89. The summed E-state index contributed by atoms with van der Waals surface area (Å²) in [7, 11) is 1.45. The Morgan fingerprint density at radius 3 is 2.46 bits per heavy atom. The van der Waals surface area contributed by atoms with Gasteiger partial charge in [0.05, 0.1) is 19.4 Å². The zero-order valence-electron chi connectivity index (χ0n) is 25.5. The van der Waals surface area contributed by atoms with Gasteiger partial charge in [-0.2, -0.15) is 0 Å². The van der Waals surface area contributed by atoms with Crippen molar-refractivity contribution in [2.24, 2.45) is 16.6 Å². The van der Waals surface area contributed by atoms with Crippen molar-refractivity contribution in [1.82, 2.24) is 9.80 Å². The third-order valence-electron chi connectivity index (χ3n) is 9.19. The molecule has 2 aliphatic carbocycles. The molecule has 0 spiro atoms. The van der Waals surface area contributed by atoms with Crippen molar-refractivity contribution in [3.05, 3.63) is 23.8 Å². The minimum absolute atomic E-state index is 0.211. The molecule has 228 valence electrons. The second-order valence-corrected chi connectivity index (χ2v) is 12.1. The van der Waals surface area contributed by atoms with Crippen molar-refractivity contribution >= 4 is 23.5 Å². The summed E-state index contributed by atoms with van der Waals surface area (Å²) in [4.78, 5) is 34.8. The number of carbonyl (C=O) groups is 2. The van der Waals surface area contributed by atoms with Gasteiger partial charge in [0.15, 0.2) is 5.96 Å². The molecule has 1 amide bonds. The lowest BCUT2D eigenvalue weighted by Crippen LogP contribution is -2.53. The first-order chi connectivity index (χ1) is 20.0. The molecule has 2 saturated carbocycles. The fourth-order valence-electron chi connectivity index (χ4n) is 6.89. The summed E-state index contributed by atoms with van der Waals surface area (Å²) in [6, 6.07) is 5.82. The number of guanidine groups is 1. The van der Waals surface area contributed by atoms with Crippen LogP contribution in [0.2, 0.25) is 0 Å². The predicted molar refractivity (Wildman–Crippen MR) is 163 cm³/mol. The summed E-state index contributed by atoms with van der Waals surface area (Å²) in [6.45, 7) is 4.09. The maximum Gasteiger partial charge on any atom is 0.328 e. The predicted octanol–water partition coefficient (Wildman–Crippen LogP) is 6.47. The maximum absolute atomic E-state index is 13.3. The van der Waals surface area contributed by atoms with Gasteiger partial charge in [-0.25, -0.2) is 9.79 Å². The van der Waals surface area contributed by atoms with E-state index in [0.717, 1.165) is 68.5 Å². The SMILES string of the molecule is CCCCCCN(C(=O)CCCOc1ccc2c(c1)CN(C(C(=O)OC)C1CCCCC1)C(N)=N2)C1CCCCC1. The first-order valence-electron chi connectivity index (χ1n) is 16.3. The van der Waals surface area contributed by atoms with E-state index < -0.39 is 6.04 Å². The van der Waals surface area contributed by atoms with Crippen molar-refractivity contribution in [1.29, 1.82) is 0 Å². The van der Waals surface area contributed by atoms with Crippen molar-refractivity contribution in [2.45, 2.75) is 128 Å². The molecule has 41 heavy (non-hydrogen) atoms. The number of aliphatic imine (C=N–C) groups is 1. The second kappa shape index (κ2) is 16.0. The smallest absolute Gasteiger partial charge is 0.328 e. The van der Waals surface area contributed by atoms with Crippen LogP contribution in [0.3, 0.4) is 0 Å². The lowest BCUT2D eigenvalue weighted by atomic mass is 9.83. The van der Waals surface area contributed by atoms with Crippen molar-refractivity contribution < 1.29 is 19.1 Å². The van der Waals surface area contributed by atoms with Crippen LogP contribution in [0.4, 0.5) is 5.69 Å². The minimum Gasteiger partial charge on any atom is -0.494 e. The minimum atomic E-state index is -0.429. The second-order valence-electron chi connectivity index (χ2n) is 12.1. The number of hydrogen-bond donors (Lipinski definition) is 1. The largest absolute Gasteiger partial charge is 0.494 e. The van der Waals surface area contributed by atoms with Crippen LogP contribution in [0.25, 0.3) is 0 Å². The summed E-state index contributed by atoms with van der Waals surface area (Å²) in [5.41, 5.74) is 8.17. The van der Waals surface area contributed by atoms with E-state index >= 15 is 0 Å². The molecule has 1 aliphatic heterocycles. The van der Waals surface area contributed by atoms with Gasteiger partial charge in [-0.05, 0) is 62.6 Å². The first kappa shape index (κ1) is 31.2. The van der Waals surface area contributed by atoms with E-state index in [1.165, 1.54) is 52.1 Å². The number of esters is 1. The van der Waals surface area contributed by atoms with Gasteiger partial charge in [-0.3, -0.25) is 4.79 Å². The average molecular weight is 569 g/mol. The third-order valence-corrected chi connectivity index (χ3v) is 9.19. The number of unbranched alkanes of at least 4 members (excludes halogenated alkanes) is 3. The highest BCUT2D eigenvalue weighted by molar-refractivity contribution is 5.89. The Morgan fingerprint density at radius 1 is 1.02 bits per heavy atom. The highest BCUT2D eigenvalue weighted by Gasteiger charge is 2.38. The van der Waals surface area contributed by atoms with Gasteiger partial charge in [-0.1, -0.05) is 64.7 Å². The molecule has 1 heterocycles. The van der Waals surface area contributed by atoms with E-state index in [9.17, 15) is 9.59 Å². The first-order valence-corrected chi connectivity index (χ1v) is 16.3. The molecule has 0 aromatic heterocycles. The van der Waals surface area contributed by atoms with E-state index in [2.05, 4.69) is 16.8 Å². The number of benzene rings is 1. The number of nitrogens with zero attached hydrogens (tertiary/aromatic N) is 3. The molecule has 0 radical (unpaired) electrons. The van der Waals surface area contributed by atoms with Crippen LogP contribution in [0.1, 0.15) is 115 Å². The molecule has 1 unspecified atom stereocenters. The standard InChI is InChI=1S/C33H52N4O4/c1-3-4-5-12-21-36(27-16-10-7-11-17-27)30(38)18-13-22-41-28-19-20-29-26(23-28)24-37(33(34)35-29)31(32(39)40-2)25-14-8-6-9-15-25/h19-20,23,25,27,31H,3-18,21-22,24H2,1-2H3,(H2,34,35). The Bertz CT molecular complexity index is 1020. The summed E-state index contributed by atoms with van der Waals surface area (Å²) >= 11 is 0. The van der Waals surface area contributed by atoms with Gasteiger partial charge in [0.25, 0.3) is 0 Å². The van der Waals surface area contributed by atoms with Gasteiger partial charge in [-0.15, -0.1) is 0 Å². The summed E-state index contributed by atoms with van der Waals surface area (Å²) < 4.78 is 11.3. The molecule has 8 nitrogen and oxygen atoms in total. The molecule has 1 atom stereocenters. The van der Waals surface area contributed by atoms with E-state index in [0.29, 0.717) is 38.0 Å².